The van der Waals surface area contributed by atoms with E-state index in [9.17, 15) is 8.42 Å². The molecule has 0 radical (unpaired) electrons. The molecule has 1 aliphatic carbocycles. The van der Waals surface area contributed by atoms with Crippen LogP contribution in [-0.2, 0) is 23.8 Å². The number of imidazole rings is 1. The van der Waals surface area contributed by atoms with Crippen molar-refractivity contribution in [2.24, 2.45) is 12.2 Å². The highest BCUT2D eigenvalue weighted by molar-refractivity contribution is 7.86. The average Bonchev–Trinajstić information content (AvgIpc) is 2.86. The quantitative estimate of drug-likeness (QED) is 0.763. The minimum absolute atomic E-state index is 0.0664. The molecule has 0 saturated heterocycles. The van der Waals surface area contributed by atoms with E-state index < -0.39 is 10.2 Å². The van der Waals surface area contributed by atoms with E-state index in [4.69, 9.17) is 5.14 Å². The molecule has 1 heterocycles. The summed E-state index contributed by atoms with van der Waals surface area (Å²) in [4.78, 5) is 4.08. The van der Waals surface area contributed by atoms with E-state index in [1.165, 1.54) is 4.31 Å². The molecule has 0 atom stereocenters. The number of nitrogens with zero attached hydrogens (tertiary/aromatic N) is 3. The highest BCUT2D eigenvalue weighted by Crippen LogP contribution is 2.29. The Morgan fingerprint density at radius 3 is 2.73 bits per heavy atom. The molecule has 15 heavy (non-hydrogen) atoms. The van der Waals surface area contributed by atoms with Gasteiger partial charge in [-0.3, -0.25) is 0 Å². The molecule has 6 nitrogen and oxygen atoms in total. The van der Waals surface area contributed by atoms with Crippen LogP contribution in [0.25, 0.3) is 0 Å². The number of nitrogens with two attached hydrogens (primary N) is 1. The third-order valence-corrected chi connectivity index (χ3v) is 3.58. The van der Waals surface area contributed by atoms with Crippen molar-refractivity contribution in [2.75, 3.05) is 0 Å². The van der Waals surface area contributed by atoms with E-state index in [2.05, 4.69) is 4.98 Å². The van der Waals surface area contributed by atoms with Gasteiger partial charge in [0.1, 0.15) is 5.82 Å². The zero-order valence-corrected chi connectivity index (χ0v) is 9.31. The van der Waals surface area contributed by atoms with Gasteiger partial charge in [0.15, 0.2) is 0 Å². The number of aromatic nitrogens is 2. The van der Waals surface area contributed by atoms with Crippen molar-refractivity contribution < 1.29 is 8.42 Å². The van der Waals surface area contributed by atoms with Crippen LogP contribution in [0.2, 0.25) is 0 Å². The first kappa shape index (κ1) is 10.6. The van der Waals surface area contributed by atoms with Crippen LogP contribution in [0.5, 0.6) is 0 Å². The Morgan fingerprint density at radius 2 is 2.33 bits per heavy atom. The maximum Gasteiger partial charge on any atom is 0.277 e. The topological polar surface area (TPSA) is 81.2 Å². The first-order valence-electron chi connectivity index (χ1n) is 4.74. The fourth-order valence-corrected chi connectivity index (χ4v) is 2.40. The normalized spacial score (nSPS) is 17.3. The van der Waals surface area contributed by atoms with E-state index in [-0.39, 0.29) is 12.6 Å². The Labute approximate surface area is 88.9 Å². The van der Waals surface area contributed by atoms with Crippen molar-refractivity contribution in [2.45, 2.75) is 25.4 Å². The van der Waals surface area contributed by atoms with E-state index in [1.807, 2.05) is 7.05 Å². The molecule has 0 aliphatic heterocycles. The first-order chi connectivity index (χ1) is 6.98. The van der Waals surface area contributed by atoms with Gasteiger partial charge in [0.2, 0.25) is 0 Å². The summed E-state index contributed by atoms with van der Waals surface area (Å²) in [7, 11) is -1.78. The Balaban J connectivity index is 2.18. The van der Waals surface area contributed by atoms with E-state index in [0.717, 1.165) is 12.8 Å². The second kappa shape index (κ2) is 3.58. The molecule has 1 aromatic heterocycles. The molecule has 1 fully saturated rings. The van der Waals surface area contributed by atoms with Crippen molar-refractivity contribution in [3.63, 3.8) is 0 Å². The molecule has 1 saturated carbocycles. The zero-order chi connectivity index (χ0) is 11.1. The van der Waals surface area contributed by atoms with Gasteiger partial charge in [0.25, 0.3) is 10.2 Å². The molecule has 0 aromatic carbocycles. The summed E-state index contributed by atoms with van der Waals surface area (Å²) in [5.41, 5.74) is 0. The van der Waals surface area contributed by atoms with Crippen LogP contribution >= 0.6 is 0 Å². The van der Waals surface area contributed by atoms with Crippen LogP contribution in [-0.4, -0.2) is 28.3 Å². The van der Waals surface area contributed by atoms with Crippen molar-refractivity contribution in [3.05, 3.63) is 18.2 Å². The predicted molar refractivity (Wildman–Crippen MR) is 54.9 cm³/mol. The van der Waals surface area contributed by atoms with Crippen LogP contribution in [0.4, 0.5) is 0 Å². The zero-order valence-electron chi connectivity index (χ0n) is 8.50. The van der Waals surface area contributed by atoms with E-state index in [0.29, 0.717) is 5.82 Å². The Bertz CT molecular complexity index is 449. The van der Waals surface area contributed by atoms with Crippen LogP contribution < -0.4 is 5.14 Å². The third-order valence-electron chi connectivity index (χ3n) is 2.50. The maximum absolute atomic E-state index is 11.3. The summed E-state index contributed by atoms with van der Waals surface area (Å²) < 4.78 is 25.7. The highest BCUT2D eigenvalue weighted by atomic mass is 32.2. The molecule has 7 heteroatoms. The molecule has 0 spiro atoms. The number of rotatable bonds is 4. The SMILES string of the molecule is Cn1ccnc1CN(C1CC1)S(N)(=O)=O. The summed E-state index contributed by atoms with van der Waals surface area (Å²) in [6.07, 6.45) is 5.20. The minimum atomic E-state index is -3.61. The van der Waals surface area contributed by atoms with Gasteiger partial charge in [-0.05, 0) is 12.8 Å². The largest absolute Gasteiger partial charge is 0.337 e. The van der Waals surface area contributed by atoms with Gasteiger partial charge in [-0.2, -0.15) is 12.7 Å². The summed E-state index contributed by atoms with van der Waals surface area (Å²) in [5, 5.41) is 5.15. The summed E-state index contributed by atoms with van der Waals surface area (Å²) in [5.74, 6) is 0.705. The second-order valence-electron chi connectivity index (χ2n) is 3.78. The molecule has 0 amide bonds. The van der Waals surface area contributed by atoms with Gasteiger partial charge in [-0.1, -0.05) is 0 Å². The van der Waals surface area contributed by atoms with Crippen molar-refractivity contribution in [3.8, 4) is 0 Å². The van der Waals surface area contributed by atoms with Crippen LogP contribution in [0.15, 0.2) is 12.4 Å². The standard InChI is InChI=1S/C8H14N4O2S/c1-11-5-4-10-8(11)6-12(7-2-3-7)15(9,13)14/h4-5,7H,2-3,6H2,1H3,(H2,9,13,14). The first-order valence-corrected chi connectivity index (χ1v) is 6.24. The van der Waals surface area contributed by atoms with Gasteiger partial charge < -0.3 is 4.57 Å². The number of hydrogen-bond acceptors (Lipinski definition) is 3. The Morgan fingerprint density at radius 1 is 1.67 bits per heavy atom. The number of hydrogen-bond donors (Lipinski definition) is 1. The van der Waals surface area contributed by atoms with Gasteiger partial charge in [0.05, 0.1) is 6.54 Å². The maximum atomic E-state index is 11.3. The second-order valence-corrected chi connectivity index (χ2v) is 5.27. The Kier molecular flexibility index (Phi) is 2.53. The molecule has 1 aliphatic rings. The fourth-order valence-electron chi connectivity index (χ4n) is 1.48. The van der Waals surface area contributed by atoms with Crippen LogP contribution in [0, 0.1) is 0 Å². The fraction of sp³-hybridized carbons (Fsp3) is 0.625. The van der Waals surface area contributed by atoms with E-state index in [1.54, 1.807) is 17.0 Å². The lowest BCUT2D eigenvalue weighted by Gasteiger charge is -2.18. The monoisotopic (exact) mass is 230 g/mol. The highest BCUT2D eigenvalue weighted by Gasteiger charge is 2.36. The molecule has 84 valence electrons. The van der Waals surface area contributed by atoms with Crippen LogP contribution in [0.3, 0.4) is 0 Å². The van der Waals surface area contributed by atoms with Gasteiger partial charge in [-0.15, -0.1) is 0 Å². The molecule has 1 aromatic rings. The predicted octanol–water partition coefficient (Wildman–Crippen LogP) is -0.412. The lowest BCUT2D eigenvalue weighted by Crippen LogP contribution is -2.38. The van der Waals surface area contributed by atoms with Crippen LogP contribution in [0.1, 0.15) is 18.7 Å². The molecular formula is C8H14N4O2S. The summed E-state index contributed by atoms with van der Waals surface area (Å²) in [6.45, 7) is 0.257. The van der Waals surface area contributed by atoms with E-state index >= 15 is 0 Å². The smallest absolute Gasteiger partial charge is 0.277 e. The minimum Gasteiger partial charge on any atom is -0.337 e. The van der Waals surface area contributed by atoms with Gasteiger partial charge in [0, 0.05) is 25.5 Å². The molecule has 2 N–H and O–H groups in total. The summed E-state index contributed by atoms with van der Waals surface area (Å²) in [6, 6.07) is 0.0664. The molecule has 2 rings (SSSR count). The lowest BCUT2D eigenvalue weighted by atomic mass is 10.5. The summed E-state index contributed by atoms with van der Waals surface area (Å²) >= 11 is 0. The van der Waals surface area contributed by atoms with Crippen molar-refractivity contribution in [1.29, 1.82) is 0 Å². The van der Waals surface area contributed by atoms with Gasteiger partial charge >= 0.3 is 0 Å². The third kappa shape index (κ3) is 2.36. The van der Waals surface area contributed by atoms with Crippen molar-refractivity contribution >= 4 is 10.2 Å². The van der Waals surface area contributed by atoms with Gasteiger partial charge in [-0.25, -0.2) is 10.1 Å². The Hall–Kier alpha value is -0.920. The average molecular weight is 230 g/mol. The lowest BCUT2D eigenvalue weighted by molar-refractivity contribution is 0.386. The molecular weight excluding hydrogens is 216 g/mol. The molecule has 0 unspecified atom stereocenters. The molecule has 0 bridgehead atoms. The van der Waals surface area contributed by atoms with Crippen molar-refractivity contribution in [1.82, 2.24) is 13.9 Å². The number of aryl methyl sites for hydroxylation is 1.